The zero-order valence-corrected chi connectivity index (χ0v) is 14.3. The quantitative estimate of drug-likeness (QED) is 0.837. The Morgan fingerprint density at radius 2 is 2.09 bits per heavy atom. The normalized spacial score (nSPS) is 20.1. The Kier molecular flexibility index (Phi) is 4.84. The molecule has 1 aromatic heterocycles. The Balaban J connectivity index is 1.54. The molecular formula is C19H29N3. The molecule has 3 nitrogen and oxygen atoms in total. The third kappa shape index (κ3) is 3.53. The van der Waals surface area contributed by atoms with Gasteiger partial charge in [0.1, 0.15) is 0 Å². The molecule has 22 heavy (non-hydrogen) atoms. The molecule has 1 saturated heterocycles. The molecule has 3 heteroatoms. The van der Waals surface area contributed by atoms with E-state index >= 15 is 0 Å². The van der Waals surface area contributed by atoms with Crippen LogP contribution in [0, 0.1) is 0 Å². The van der Waals surface area contributed by atoms with Gasteiger partial charge in [-0.3, -0.25) is 4.90 Å². The Hall–Kier alpha value is -1.32. The van der Waals surface area contributed by atoms with Crippen LogP contribution in [0.4, 0.5) is 0 Å². The highest BCUT2D eigenvalue weighted by Gasteiger charge is 2.17. The Bertz CT molecular complexity index is 616. The van der Waals surface area contributed by atoms with Crippen LogP contribution >= 0.6 is 0 Å². The third-order valence-corrected chi connectivity index (χ3v) is 5.11. The van der Waals surface area contributed by atoms with E-state index in [0.29, 0.717) is 0 Å². The molecule has 2 heterocycles. The van der Waals surface area contributed by atoms with Crippen LogP contribution in [-0.2, 0) is 13.6 Å². The van der Waals surface area contributed by atoms with Gasteiger partial charge in [0.25, 0.3) is 0 Å². The van der Waals surface area contributed by atoms with E-state index in [1.165, 1.54) is 48.8 Å². The molecule has 3 rings (SSSR count). The fraction of sp³-hybridized carbons (Fsp3) is 0.579. The number of hydrogen-bond donors (Lipinski definition) is 0. The van der Waals surface area contributed by atoms with Crippen molar-refractivity contribution in [2.75, 3.05) is 26.7 Å². The molecule has 1 atom stereocenters. The van der Waals surface area contributed by atoms with E-state index in [1.807, 2.05) is 0 Å². The summed E-state index contributed by atoms with van der Waals surface area (Å²) in [4.78, 5) is 5.10. The molecule has 0 bridgehead atoms. The van der Waals surface area contributed by atoms with Gasteiger partial charge in [-0.05, 0) is 62.5 Å². The van der Waals surface area contributed by atoms with Crippen LogP contribution in [0.25, 0.3) is 10.9 Å². The monoisotopic (exact) mass is 299 g/mol. The average Bonchev–Trinajstić information content (AvgIpc) is 2.87. The molecule has 1 aromatic carbocycles. The molecule has 0 saturated carbocycles. The fourth-order valence-electron chi connectivity index (χ4n) is 3.61. The number of piperidine rings is 1. The number of aromatic nitrogens is 1. The maximum atomic E-state index is 2.65. The summed E-state index contributed by atoms with van der Waals surface area (Å²) in [7, 11) is 4.34. The maximum absolute atomic E-state index is 2.65. The minimum Gasteiger partial charge on any atom is -0.351 e. The summed E-state index contributed by atoms with van der Waals surface area (Å²) in [6.45, 7) is 7.04. The van der Waals surface area contributed by atoms with Crippen molar-refractivity contribution in [1.82, 2.24) is 14.4 Å². The van der Waals surface area contributed by atoms with Crippen molar-refractivity contribution in [1.29, 1.82) is 0 Å². The zero-order valence-electron chi connectivity index (χ0n) is 14.3. The minimum atomic E-state index is 0.766. The van der Waals surface area contributed by atoms with E-state index in [1.54, 1.807) is 0 Å². The lowest BCUT2D eigenvalue weighted by molar-refractivity contribution is 0.141. The largest absolute Gasteiger partial charge is 0.351 e. The average molecular weight is 299 g/mol. The number of aryl methyl sites for hydroxylation is 1. The Morgan fingerprint density at radius 3 is 2.91 bits per heavy atom. The highest BCUT2D eigenvalue weighted by molar-refractivity contribution is 5.80. The van der Waals surface area contributed by atoms with E-state index < -0.39 is 0 Å². The molecule has 0 amide bonds. The second-order valence-corrected chi connectivity index (χ2v) is 6.94. The first-order chi connectivity index (χ1) is 10.6. The predicted octanol–water partition coefficient (Wildman–Crippen LogP) is 3.48. The zero-order chi connectivity index (χ0) is 15.5. The number of likely N-dealkylation sites (N-methyl/N-ethyl adjacent to an activating group) is 1. The third-order valence-electron chi connectivity index (χ3n) is 5.11. The van der Waals surface area contributed by atoms with Crippen molar-refractivity contribution in [2.45, 2.75) is 38.8 Å². The molecule has 1 aliphatic heterocycles. The van der Waals surface area contributed by atoms with E-state index in [-0.39, 0.29) is 0 Å². The summed E-state index contributed by atoms with van der Waals surface area (Å²) >= 11 is 0. The summed E-state index contributed by atoms with van der Waals surface area (Å²) in [5, 5.41) is 1.35. The van der Waals surface area contributed by atoms with Crippen LogP contribution in [-0.4, -0.2) is 47.1 Å². The van der Waals surface area contributed by atoms with Crippen molar-refractivity contribution < 1.29 is 0 Å². The number of hydrogen-bond acceptors (Lipinski definition) is 2. The smallest absolute Gasteiger partial charge is 0.0477 e. The molecule has 1 unspecified atom stereocenters. The van der Waals surface area contributed by atoms with Crippen molar-refractivity contribution in [2.24, 2.45) is 7.05 Å². The molecule has 0 N–H and O–H groups in total. The summed E-state index contributed by atoms with van der Waals surface area (Å²) < 4.78 is 2.18. The first kappa shape index (κ1) is 15.6. The molecule has 120 valence electrons. The fourth-order valence-corrected chi connectivity index (χ4v) is 3.61. The van der Waals surface area contributed by atoms with E-state index in [4.69, 9.17) is 0 Å². The number of benzene rings is 1. The van der Waals surface area contributed by atoms with Gasteiger partial charge in [0.05, 0.1) is 0 Å². The first-order valence-corrected chi connectivity index (χ1v) is 8.60. The second-order valence-electron chi connectivity index (χ2n) is 6.94. The number of rotatable bonds is 5. The lowest BCUT2D eigenvalue weighted by Crippen LogP contribution is -2.41. The van der Waals surface area contributed by atoms with Gasteiger partial charge in [-0.25, -0.2) is 0 Å². The van der Waals surface area contributed by atoms with Gasteiger partial charge >= 0.3 is 0 Å². The van der Waals surface area contributed by atoms with Gasteiger partial charge in [0.2, 0.25) is 0 Å². The summed E-state index contributed by atoms with van der Waals surface area (Å²) in [5.74, 6) is 0. The van der Waals surface area contributed by atoms with Crippen molar-refractivity contribution in [3.8, 4) is 0 Å². The number of nitrogens with zero attached hydrogens (tertiary/aromatic N) is 3. The highest BCUT2D eigenvalue weighted by atomic mass is 15.2. The number of fused-ring (bicyclic) bond motifs is 1. The molecule has 0 spiro atoms. The van der Waals surface area contributed by atoms with Crippen LogP contribution in [0.1, 0.15) is 31.7 Å². The van der Waals surface area contributed by atoms with Crippen LogP contribution in [0.5, 0.6) is 0 Å². The van der Waals surface area contributed by atoms with E-state index in [0.717, 1.165) is 19.1 Å². The van der Waals surface area contributed by atoms with Gasteiger partial charge in [-0.15, -0.1) is 0 Å². The molecule has 0 radical (unpaired) electrons. The summed E-state index contributed by atoms with van der Waals surface area (Å²) in [6.07, 6.45) is 6.29. The Morgan fingerprint density at radius 1 is 1.23 bits per heavy atom. The number of likely N-dealkylation sites (tertiary alicyclic amines) is 1. The SMILES string of the molecule is CC1CCCCN1CCN(C)Cc1ccc2c(ccn2C)c1. The van der Waals surface area contributed by atoms with Gasteiger partial charge in [0, 0.05) is 44.4 Å². The lowest BCUT2D eigenvalue weighted by Gasteiger charge is -2.34. The van der Waals surface area contributed by atoms with Crippen molar-refractivity contribution in [3.05, 3.63) is 36.0 Å². The Labute approximate surface area is 134 Å². The topological polar surface area (TPSA) is 11.4 Å². The first-order valence-electron chi connectivity index (χ1n) is 8.60. The standard InChI is InChI=1S/C19H29N3/c1-16-6-4-5-10-22(16)13-12-20(2)15-17-7-8-19-18(14-17)9-11-21(19)3/h7-9,11,14,16H,4-6,10,12-13,15H2,1-3H3. The summed E-state index contributed by atoms with van der Waals surface area (Å²) in [5.41, 5.74) is 2.72. The van der Waals surface area contributed by atoms with Gasteiger partial charge < -0.3 is 9.47 Å². The predicted molar refractivity (Wildman–Crippen MR) is 94.1 cm³/mol. The van der Waals surface area contributed by atoms with Crippen LogP contribution in [0.15, 0.2) is 30.5 Å². The molecule has 1 aliphatic rings. The molecular weight excluding hydrogens is 270 g/mol. The highest BCUT2D eigenvalue weighted by Crippen LogP contribution is 2.18. The van der Waals surface area contributed by atoms with E-state index in [2.05, 4.69) is 65.8 Å². The minimum absolute atomic E-state index is 0.766. The van der Waals surface area contributed by atoms with Gasteiger partial charge in [-0.2, -0.15) is 0 Å². The van der Waals surface area contributed by atoms with Gasteiger partial charge in [-0.1, -0.05) is 12.5 Å². The summed E-state index contributed by atoms with van der Waals surface area (Å²) in [6, 6.07) is 9.81. The maximum Gasteiger partial charge on any atom is 0.0477 e. The van der Waals surface area contributed by atoms with Crippen molar-refractivity contribution >= 4 is 10.9 Å². The molecule has 1 fully saturated rings. The second kappa shape index (κ2) is 6.84. The van der Waals surface area contributed by atoms with Crippen LogP contribution in [0.3, 0.4) is 0 Å². The van der Waals surface area contributed by atoms with Crippen LogP contribution in [0.2, 0.25) is 0 Å². The van der Waals surface area contributed by atoms with Gasteiger partial charge in [0.15, 0.2) is 0 Å². The lowest BCUT2D eigenvalue weighted by atomic mass is 10.0. The van der Waals surface area contributed by atoms with Crippen molar-refractivity contribution in [3.63, 3.8) is 0 Å². The molecule has 0 aliphatic carbocycles. The van der Waals surface area contributed by atoms with Crippen LogP contribution < -0.4 is 0 Å². The van der Waals surface area contributed by atoms with E-state index in [9.17, 15) is 0 Å². The molecule has 2 aromatic rings.